The lowest BCUT2D eigenvalue weighted by Gasteiger charge is -2.33. The maximum Gasteiger partial charge on any atom is 0.110 e. The monoisotopic (exact) mass is 323 g/mol. The zero-order valence-corrected chi connectivity index (χ0v) is 14.4. The Morgan fingerprint density at radius 3 is 2.70 bits per heavy atom. The number of benzene rings is 2. The summed E-state index contributed by atoms with van der Waals surface area (Å²) in [7, 11) is 0. The van der Waals surface area contributed by atoms with Gasteiger partial charge in [0.05, 0.1) is 29.2 Å². The van der Waals surface area contributed by atoms with Gasteiger partial charge in [-0.1, -0.05) is 42.5 Å². The highest BCUT2D eigenvalue weighted by atomic mass is 32.1. The number of para-hydroxylation sites is 1. The lowest BCUT2D eigenvalue weighted by atomic mass is 9.95. The summed E-state index contributed by atoms with van der Waals surface area (Å²) in [6.07, 6.45) is 2.58. The molecular weight excluding hydrogens is 300 g/mol. The van der Waals surface area contributed by atoms with Crippen molar-refractivity contribution in [3.63, 3.8) is 0 Å². The summed E-state index contributed by atoms with van der Waals surface area (Å²) in [6.45, 7) is 4.85. The largest absolute Gasteiger partial charge is 0.328 e. The van der Waals surface area contributed by atoms with Crippen molar-refractivity contribution in [3.8, 4) is 0 Å². The summed E-state index contributed by atoms with van der Waals surface area (Å²) in [5, 5.41) is 1.34. The Bertz CT molecular complexity index is 747. The molecule has 3 heteroatoms. The smallest absolute Gasteiger partial charge is 0.110 e. The van der Waals surface area contributed by atoms with Crippen LogP contribution in [0.3, 0.4) is 0 Å². The number of rotatable bonds is 3. The zero-order chi connectivity index (χ0) is 15.6. The number of hydrogen-bond acceptors (Lipinski definition) is 2. The van der Waals surface area contributed by atoms with Gasteiger partial charge < -0.3 is 4.90 Å². The fourth-order valence-electron chi connectivity index (χ4n) is 3.74. The first-order valence-corrected chi connectivity index (χ1v) is 9.38. The second kappa shape index (κ2) is 6.42. The summed E-state index contributed by atoms with van der Waals surface area (Å²) in [6, 6.07) is 20.0. The van der Waals surface area contributed by atoms with E-state index in [2.05, 4.69) is 61.5 Å². The fraction of sp³-hybridized carbons (Fsp3) is 0.350. The summed E-state index contributed by atoms with van der Waals surface area (Å²) in [5.41, 5.74) is 2.61. The van der Waals surface area contributed by atoms with Gasteiger partial charge in [-0.2, -0.15) is 0 Å². The Hall–Kier alpha value is -1.71. The van der Waals surface area contributed by atoms with Gasteiger partial charge in [-0.3, -0.25) is 0 Å². The predicted molar refractivity (Wildman–Crippen MR) is 97.1 cm³/mol. The molecule has 0 saturated carbocycles. The van der Waals surface area contributed by atoms with Gasteiger partial charge in [-0.25, -0.2) is 4.98 Å². The number of fused-ring (bicyclic) bond motifs is 1. The topological polar surface area (TPSA) is 17.3 Å². The van der Waals surface area contributed by atoms with Gasteiger partial charge in [0.1, 0.15) is 11.0 Å². The van der Waals surface area contributed by atoms with E-state index in [4.69, 9.17) is 4.98 Å². The van der Waals surface area contributed by atoms with E-state index < -0.39 is 0 Å². The number of likely N-dealkylation sites (tertiary alicyclic amines) is 1. The Balaban J connectivity index is 1.54. The molecule has 1 aromatic heterocycles. The van der Waals surface area contributed by atoms with Crippen molar-refractivity contribution in [1.82, 2.24) is 4.98 Å². The summed E-state index contributed by atoms with van der Waals surface area (Å²) in [5.74, 6) is 0.613. The van der Waals surface area contributed by atoms with Crippen molar-refractivity contribution >= 4 is 21.6 Å². The van der Waals surface area contributed by atoms with E-state index in [0.29, 0.717) is 12.0 Å². The molecular formula is C20H23N2S+. The molecule has 4 rings (SSSR count). The van der Waals surface area contributed by atoms with Gasteiger partial charge in [-0.15, -0.1) is 11.3 Å². The molecule has 1 unspecified atom stereocenters. The third-order valence-electron chi connectivity index (χ3n) is 5.13. The summed E-state index contributed by atoms with van der Waals surface area (Å²) < 4.78 is 1.32. The van der Waals surface area contributed by atoms with Crippen molar-refractivity contribution in [1.29, 1.82) is 0 Å². The van der Waals surface area contributed by atoms with Gasteiger partial charge >= 0.3 is 0 Å². The van der Waals surface area contributed by atoms with Gasteiger partial charge in [0, 0.05) is 5.56 Å². The first-order valence-electron chi connectivity index (χ1n) is 8.56. The number of aromatic nitrogens is 1. The zero-order valence-electron chi connectivity index (χ0n) is 13.5. The van der Waals surface area contributed by atoms with Crippen molar-refractivity contribution < 1.29 is 4.90 Å². The maximum absolute atomic E-state index is 4.91. The number of hydrogen-bond donors (Lipinski definition) is 1. The average molecular weight is 323 g/mol. The molecule has 23 heavy (non-hydrogen) atoms. The van der Waals surface area contributed by atoms with E-state index in [1.807, 2.05) is 11.3 Å². The standard InChI is InChI=1S/C20H22N2S/c1-15(16-8-3-2-4-9-16)22-13-7-10-17(14-22)20-21-18-11-5-6-12-19(18)23-20/h2-6,8-9,11-12,15,17H,7,10,13-14H2,1H3/p+1/t15-,17-/m0/s1. The lowest BCUT2D eigenvalue weighted by Crippen LogP contribution is -3.13. The van der Waals surface area contributed by atoms with Crippen LogP contribution in [0.2, 0.25) is 0 Å². The Kier molecular flexibility index (Phi) is 4.15. The second-order valence-corrected chi connectivity index (χ2v) is 7.67. The predicted octanol–water partition coefficient (Wildman–Crippen LogP) is 3.82. The molecule has 0 aliphatic carbocycles. The van der Waals surface area contributed by atoms with Crippen molar-refractivity contribution in [2.45, 2.75) is 31.7 Å². The van der Waals surface area contributed by atoms with E-state index >= 15 is 0 Å². The molecule has 3 atom stereocenters. The molecule has 0 radical (unpaired) electrons. The van der Waals surface area contributed by atoms with Crippen LogP contribution in [0, 0.1) is 0 Å². The van der Waals surface area contributed by atoms with Crippen LogP contribution in [-0.4, -0.2) is 18.1 Å². The molecule has 0 spiro atoms. The SMILES string of the molecule is C[C@@H](c1ccccc1)[NH+]1CCC[C@H](c2nc3ccccc3s2)C1. The third kappa shape index (κ3) is 3.04. The minimum absolute atomic E-state index is 0.563. The van der Waals surface area contributed by atoms with Gasteiger partial charge in [0.25, 0.3) is 0 Å². The molecule has 0 bridgehead atoms. The Labute approximate surface area is 141 Å². The van der Waals surface area contributed by atoms with Crippen LogP contribution in [0.15, 0.2) is 54.6 Å². The molecule has 1 saturated heterocycles. The molecule has 1 fully saturated rings. The minimum atomic E-state index is 0.563. The van der Waals surface area contributed by atoms with Crippen LogP contribution in [0.25, 0.3) is 10.2 Å². The molecule has 118 valence electrons. The first-order chi connectivity index (χ1) is 11.3. The van der Waals surface area contributed by atoms with Crippen molar-refractivity contribution in [3.05, 3.63) is 65.2 Å². The minimum Gasteiger partial charge on any atom is -0.328 e. The Morgan fingerprint density at radius 2 is 1.87 bits per heavy atom. The van der Waals surface area contributed by atoms with Gasteiger partial charge in [-0.05, 0) is 31.9 Å². The summed E-state index contributed by atoms with van der Waals surface area (Å²) in [4.78, 5) is 6.61. The number of thiazole rings is 1. The molecule has 0 amide bonds. The van der Waals surface area contributed by atoms with E-state index in [-0.39, 0.29) is 0 Å². The molecule has 2 heterocycles. The average Bonchev–Trinajstić information content (AvgIpc) is 3.06. The quantitative estimate of drug-likeness (QED) is 0.775. The highest BCUT2D eigenvalue weighted by molar-refractivity contribution is 7.18. The molecule has 1 N–H and O–H groups in total. The molecule has 2 nitrogen and oxygen atoms in total. The number of nitrogens with zero attached hydrogens (tertiary/aromatic N) is 1. The van der Waals surface area contributed by atoms with Gasteiger partial charge in [0.15, 0.2) is 0 Å². The molecule has 2 aromatic carbocycles. The summed E-state index contributed by atoms with van der Waals surface area (Å²) >= 11 is 1.89. The van der Waals surface area contributed by atoms with E-state index in [1.165, 1.54) is 41.2 Å². The van der Waals surface area contributed by atoms with Crippen molar-refractivity contribution in [2.24, 2.45) is 0 Å². The van der Waals surface area contributed by atoms with Gasteiger partial charge in [0.2, 0.25) is 0 Å². The van der Waals surface area contributed by atoms with Crippen LogP contribution >= 0.6 is 11.3 Å². The van der Waals surface area contributed by atoms with E-state index in [9.17, 15) is 0 Å². The van der Waals surface area contributed by atoms with Crippen LogP contribution in [0.1, 0.15) is 42.3 Å². The van der Waals surface area contributed by atoms with Crippen LogP contribution < -0.4 is 4.90 Å². The lowest BCUT2D eigenvalue weighted by molar-refractivity contribution is -0.935. The third-order valence-corrected chi connectivity index (χ3v) is 6.33. The molecule has 3 aromatic rings. The van der Waals surface area contributed by atoms with E-state index in [0.717, 1.165) is 5.52 Å². The highest BCUT2D eigenvalue weighted by Gasteiger charge is 2.30. The van der Waals surface area contributed by atoms with Crippen LogP contribution in [0.5, 0.6) is 0 Å². The molecule has 1 aliphatic heterocycles. The normalized spacial score (nSPS) is 23.0. The van der Waals surface area contributed by atoms with Crippen LogP contribution in [0.4, 0.5) is 0 Å². The Morgan fingerprint density at radius 1 is 1.09 bits per heavy atom. The first kappa shape index (κ1) is 14.9. The number of nitrogens with one attached hydrogen (secondary N) is 1. The van der Waals surface area contributed by atoms with Crippen molar-refractivity contribution in [2.75, 3.05) is 13.1 Å². The fourth-order valence-corrected chi connectivity index (χ4v) is 4.84. The number of quaternary nitrogens is 1. The maximum atomic E-state index is 4.91. The van der Waals surface area contributed by atoms with E-state index in [1.54, 1.807) is 4.90 Å². The van der Waals surface area contributed by atoms with Crippen LogP contribution in [-0.2, 0) is 0 Å². The number of piperidine rings is 1. The second-order valence-electron chi connectivity index (χ2n) is 6.60. The molecule has 1 aliphatic rings. The highest BCUT2D eigenvalue weighted by Crippen LogP contribution is 2.30.